The van der Waals surface area contributed by atoms with Crippen LogP contribution in [0.5, 0.6) is 0 Å². The van der Waals surface area contributed by atoms with Gasteiger partial charge in [-0.05, 0) is 29.8 Å². The molecule has 0 radical (unpaired) electrons. The van der Waals surface area contributed by atoms with Crippen molar-refractivity contribution >= 4 is 23.4 Å². The smallest absolute Gasteiger partial charge is 0.269 e. The first-order valence-electron chi connectivity index (χ1n) is 8.89. The van der Waals surface area contributed by atoms with Gasteiger partial charge < -0.3 is 15.0 Å². The predicted octanol–water partition coefficient (Wildman–Crippen LogP) is 2.27. The molecule has 158 valence electrons. The molecular formula is C19H18ClF2N5O3. The number of rotatable bonds is 5. The Balaban J connectivity index is 1.97. The molecule has 0 spiro atoms. The minimum atomic E-state index is -2.78. The van der Waals surface area contributed by atoms with Gasteiger partial charge in [-0.15, -0.1) is 0 Å². The first-order valence-corrected chi connectivity index (χ1v) is 9.27. The van der Waals surface area contributed by atoms with Crippen LogP contribution in [0.3, 0.4) is 0 Å². The lowest BCUT2D eigenvalue weighted by molar-refractivity contribution is -0.159. The summed E-state index contributed by atoms with van der Waals surface area (Å²) in [6.07, 6.45) is -2.82. The van der Waals surface area contributed by atoms with Crippen molar-refractivity contribution in [2.45, 2.75) is 18.6 Å². The van der Waals surface area contributed by atoms with E-state index in [1.165, 1.54) is 30.4 Å². The summed E-state index contributed by atoms with van der Waals surface area (Å²) in [7, 11) is 1.47. The van der Waals surface area contributed by atoms with Crippen molar-refractivity contribution < 1.29 is 23.1 Å². The van der Waals surface area contributed by atoms with Gasteiger partial charge >= 0.3 is 0 Å². The molecule has 1 unspecified atom stereocenters. The van der Waals surface area contributed by atoms with Crippen LogP contribution in [-0.4, -0.2) is 64.3 Å². The molecule has 1 fully saturated rings. The van der Waals surface area contributed by atoms with Gasteiger partial charge in [0.15, 0.2) is 0 Å². The third-order valence-electron chi connectivity index (χ3n) is 4.47. The number of carbonyl (C=O) groups is 2. The maximum absolute atomic E-state index is 13.3. The first kappa shape index (κ1) is 21.7. The number of halogens is 3. The van der Waals surface area contributed by atoms with Crippen molar-refractivity contribution in [2.75, 3.05) is 20.1 Å². The molecule has 8 nitrogen and oxygen atoms in total. The summed E-state index contributed by atoms with van der Waals surface area (Å²) in [5.74, 6) is -0.879. The molecule has 2 atom stereocenters. The second kappa shape index (κ2) is 9.23. The molecule has 0 bridgehead atoms. The molecular weight excluding hydrogens is 420 g/mol. The molecule has 2 amide bonds. The maximum Gasteiger partial charge on any atom is 0.269 e. The van der Waals surface area contributed by atoms with Crippen LogP contribution in [0.1, 0.15) is 22.2 Å². The molecule has 1 aliphatic heterocycles. The molecule has 1 aliphatic rings. The van der Waals surface area contributed by atoms with E-state index in [9.17, 15) is 18.4 Å². The van der Waals surface area contributed by atoms with Crippen molar-refractivity contribution in [1.29, 1.82) is 0 Å². The van der Waals surface area contributed by atoms with Crippen molar-refractivity contribution in [2.24, 2.45) is 0 Å². The Morgan fingerprint density at radius 3 is 2.73 bits per heavy atom. The maximum atomic E-state index is 13.3. The summed E-state index contributed by atoms with van der Waals surface area (Å²) in [5, 5.41) is 2.53. The molecule has 1 N–H and O–H groups in total. The molecule has 1 saturated heterocycles. The monoisotopic (exact) mass is 437 g/mol. The van der Waals surface area contributed by atoms with E-state index in [1.807, 2.05) is 0 Å². The Morgan fingerprint density at radius 1 is 1.30 bits per heavy atom. The molecule has 3 heterocycles. The van der Waals surface area contributed by atoms with Crippen molar-refractivity contribution in [3.05, 3.63) is 53.6 Å². The predicted molar refractivity (Wildman–Crippen MR) is 104 cm³/mol. The van der Waals surface area contributed by atoms with Crippen LogP contribution in [0.15, 0.2) is 37.2 Å². The summed E-state index contributed by atoms with van der Waals surface area (Å²) >= 11 is 6.14. The lowest BCUT2D eigenvalue weighted by Crippen LogP contribution is -2.48. The van der Waals surface area contributed by atoms with Crippen LogP contribution in [0, 0.1) is 0 Å². The van der Waals surface area contributed by atoms with E-state index in [0.29, 0.717) is 17.0 Å². The fourth-order valence-corrected chi connectivity index (χ4v) is 3.22. The number of hydrogen-bond acceptors (Lipinski definition) is 6. The van der Waals surface area contributed by atoms with Crippen LogP contribution in [0.4, 0.5) is 8.78 Å². The Labute approximate surface area is 175 Å². The van der Waals surface area contributed by atoms with Crippen LogP contribution < -0.4 is 5.32 Å². The molecule has 0 aliphatic carbocycles. The van der Waals surface area contributed by atoms with E-state index >= 15 is 0 Å². The zero-order valence-corrected chi connectivity index (χ0v) is 16.6. The van der Waals surface area contributed by atoms with Crippen LogP contribution in [-0.2, 0) is 9.53 Å². The minimum absolute atomic E-state index is 0.0428. The standard InChI is InChI=1S/C19H18ClF2N5O3/c1-3-17(28)27-7-14(30-15(8-27)18(21)22)10-4-12(26-16(20)5-10)11-6-13(19(29)23-2)25-9-24-11/h3-6,9,14-15,18H,1,7-8H2,2H3,(H,23,29)/t14-,15?/m0/s1. The number of ether oxygens (including phenoxy) is 1. The number of morpholine rings is 1. The Bertz CT molecular complexity index is 975. The molecule has 3 rings (SSSR count). The summed E-state index contributed by atoms with van der Waals surface area (Å²) in [5.41, 5.74) is 1.18. The van der Waals surface area contributed by atoms with Crippen molar-refractivity contribution in [1.82, 2.24) is 25.2 Å². The number of hydrogen-bond donors (Lipinski definition) is 1. The highest BCUT2D eigenvalue weighted by Crippen LogP contribution is 2.31. The SMILES string of the molecule is C=CC(=O)N1CC(C(F)F)O[C@H](c2cc(Cl)nc(-c3cc(C(=O)NC)ncn3)c2)C1. The quantitative estimate of drug-likeness (QED) is 0.569. The number of nitrogens with one attached hydrogen (secondary N) is 1. The fraction of sp³-hybridized carbons (Fsp3) is 0.316. The molecule has 2 aromatic rings. The lowest BCUT2D eigenvalue weighted by Gasteiger charge is -2.37. The Morgan fingerprint density at radius 2 is 2.07 bits per heavy atom. The normalized spacial score (nSPS) is 18.9. The van der Waals surface area contributed by atoms with Gasteiger partial charge in [0, 0.05) is 7.05 Å². The van der Waals surface area contributed by atoms with E-state index in [-0.39, 0.29) is 23.9 Å². The van der Waals surface area contributed by atoms with Gasteiger partial charge in [-0.25, -0.2) is 23.7 Å². The van der Waals surface area contributed by atoms with Gasteiger partial charge in [-0.1, -0.05) is 18.2 Å². The average Bonchev–Trinajstić information content (AvgIpc) is 2.77. The first-order chi connectivity index (χ1) is 14.3. The zero-order chi connectivity index (χ0) is 21.8. The highest BCUT2D eigenvalue weighted by molar-refractivity contribution is 6.29. The second-order valence-corrected chi connectivity index (χ2v) is 6.81. The van der Waals surface area contributed by atoms with Gasteiger partial charge in [-0.3, -0.25) is 9.59 Å². The molecule has 30 heavy (non-hydrogen) atoms. The Kier molecular flexibility index (Phi) is 6.68. The third-order valence-corrected chi connectivity index (χ3v) is 4.66. The highest BCUT2D eigenvalue weighted by Gasteiger charge is 2.35. The van der Waals surface area contributed by atoms with Crippen molar-refractivity contribution in [3.63, 3.8) is 0 Å². The number of aromatic nitrogens is 3. The molecule has 11 heteroatoms. The van der Waals surface area contributed by atoms with Gasteiger partial charge in [0.1, 0.15) is 29.4 Å². The number of carbonyl (C=O) groups excluding carboxylic acids is 2. The summed E-state index contributed by atoms with van der Waals surface area (Å²) < 4.78 is 32.2. The van der Waals surface area contributed by atoms with Gasteiger partial charge in [0.05, 0.1) is 24.5 Å². The molecule has 0 aromatic carbocycles. The largest absolute Gasteiger partial charge is 0.361 e. The van der Waals surface area contributed by atoms with Gasteiger partial charge in [0.25, 0.3) is 12.3 Å². The summed E-state index contributed by atoms with van der Waals surface area (Å²) in [6, 6.07) is 4.47. The van der Waals surface area contributed by atoms with Crippen LogP contribution in [0.25, 0.3) is 11.4 Å². The number of pyridine rings is 1. The number of alkyl halides is 2. The summed E-state index contributed by atoms with van der Waals surface area (Å²) in [4.78, 5) is 37.3. The van der Waals surface area contributed by atoms with Gasteiger partial charge in [-0.2, -0.15) is 0 Å². The van der Waals surface area contributed by atoms with Crippen LogP contribution >= 0.6 is 11.6 Å². The average molecular weight is 438 g/mol. The second-order valence-electron chi connectivity index (χ2n) is 6.42. The zero-order valence-electron chi connectivity index (χ0n) is 15.9. The number of amides is 2. The third kappa shape index (κ3) is 4.77. The summed E-state index contributed by atoms with van der Waals surface area (Å²) in [6.45, 7) is 3.20. The molecule has 2 aromatic heterocycles. The fourth-order valence-electron chi connectivity index (χ4n) is 3.00. The van der Waals surface area contributed by atoms with E-state index in [0.717, 1.165) is 6.08 Å². The topological polar surface area (TPSA) is 97.3 Å². The Hall–Kier alpha value is -2.98. The molecule has 0 saturated carbocycles. The lowest BCUT2D eigenvalue weighted by atomic mass is 10.1. The van der Waals surface area contributed by atoms with E-state index in [2.05, 4.69) is 26.8 Å². The van der Waals surface area contributed by atoms with Gasteiger partial charge in [0.2, 0.25) is 5.91 Å². The van der Waals surface area contributed by atoms with E-state index < -0.39 is 30.4 Å². The van der Waals surface area contributed by atoms with Crippen molar-refractivity contribution in [3.8, 4) is 11.4 Å². The van der Waals surface area contributed by atoms with E-state index in [4.69, 9.17) is 16.3 Å². The number of nitrogens with zero attached hydrogens (tertiary/aromatic N) is 4. The highest BCUT2D eigenvalue weighted by atomic mass is 35.5. The minimum Gasteiger partial charge on any atom is -0.361 e. The van der Waals surface area contributed by atoms with Crippen LogP contribution in [0.2, 0.25) is 5.15 Å². The van der Waals surface area contributed by atoms with E-state index in [1.54, 1.807) is 6.07 Å².